The summed E-state index contributed by atoms with van der Waals surface area (Å²) in [6.07, 6.45) is 0.182. The summed E-state index contributed by atoms with van der Waals surface area (Å²) in [6, 6.07) is 9.35. The molecule has 0 spiro atoms. The van der Waals surface area contributed by atoms with Gasteiger partial charge >= 0.3 is 12.0 Å². The Morgan fingerprint density at radius 3 is 2.62 bits per heavy atom. The number of ether oxygens (including phenoxy) is 1. The van der Waals surface area contributed by atoms with E-state index in [0.717, 1.165) is 5.56 Å². The fraction of sp³-hybridized carbons (Fsp3) is 0.389. The zero-order chi connectivity index (χ0) is 18.9. The van der Waals surface area contributed by atoms with Gasteiger partial charge in [0.25, 0.3) is 0 Å². The third kappa shape index (κ3) is 5.89. The Bertz CT molecular complexity index is 688. The molecule has 8 heteroatoms. The van der Waals surface area contributed by atoms with E-state index < -0.39 is 11.9 Å². The molecular weight excluding hydrogens is 336 g/mol. The van der Waals surface area contributed by atoms with Crippen LogP contribution in [-0.2, 0) is 20.9 Å². The van der Waals surface area contributed by atoms with E-state index in [2.05, 4.69) is 10.6 Å². The molecule has 8 nitrogen and oxygen atoms in total. The summed E-state index contributed by atoms with van der Waals surface area (Å²) in [4.78, 5) is 37.0. The number of nitrogens with one attached hydrogen (secondary N) is 2. The lowest BCUT2D eigenvalue weighted by Gasteiger charge is -2.27. The van der Waals surface area contributed by atoms with Crippen LogP contribution in [0, 0.1) is 0 Å². The van der Waals surface area contributed by atoms with Crippen molar-refractivity contribution in [1.29, 1.82) is 0 Å². The van der Waals surface area contributed by atoms with Gasteiger partial charge in [0.1, 0.15) is 0 Å². The highest BCUT2D eigenvalue weighted by atomic mass is 16.5. The number of carbonyl (C=O) groups excluding carboxylic acids is 3. The van der Waals surface area contributed by atoms with Gasteiger partial charge in [-0.25, -0.2) is 9.59 Å². The van der Waals surface area contributed by atoms with Gasteiger partial charge in [0.15, 0.2) is 0 Å². The number of primary amides is 1. The van der Waals surface area contributed by atoms with Crippen LogP contribution in [0.3, 0.4) is 0 Å². The summed E-state index contributed by atoms with van der Waals surface area (Å²) >= 11 is 0. The van der Waals surface area contributed by atoms with Gasteiger partial charge in [-0.1, -0.05) is 30.3 Å². The van der Waals surface area contributed by atoms with Crippen molar-refractivity contribution in [3.8, 4) is 0 Å². The second kappa shape index (κ2) is 9.57. The van der Waals surface area contributed by atoms with Crippen molar-refractivity contribution in [2.75, 3.05) is 26.2 Å². The molecule has 0 saturated heterocycles. The van der Waals surface area contributed by atoms with Gasteiger partial charge in [0.2, 0.25) is 5.91 Å². The molecule has 0 aliphatic carbocycles. The van der Waals surface area contributed by atoms with Crippen molar-refractivity contribution >= 4 is 17.9 Å². The van der Waals surface area contributed by atoms with Crippen molar-refractivity contribution in [1.82, 2.24) is 15.5 Å². The van der Waals surface area contributed by atoms with E-state index in [0.29, 0.717) is 30.9 Å². The standard InChI is InChI=1S/C18H24N4O4/c1-2-26-17(24)14-10-20-18(25)21-15(14)12-22(9-8-16(19)23)11-13-6-4-3-5-7-13/h3-7H,2,8-12H2,1H3,(H2,19,23)(H2,20,21,25). The topological polar surface area (TPSA) is 114 Å². The smallest absolute Gasteiger partial charge is 0.337 e. The molecule has 1 aromatic rings. The minimum Gasteiger partial charge on any atom is -0.463 e. The third-order valence-electron chi connectivity index (χ3n) is 3.88. The SMILES string of the molecule is CCOC(=O)C1=C(CN(CCC(N)=O)Cc2ccccc2)NC(=O)NC1. The summed E-state index contributed by atoms with van der Waals surface area (Å²) in [6.45, 7) is 3.34. The fourth-order valence-electron chi connectivity index (χ4n) is 2.63. The molecule has 4 N–H and O–H groups in total. The lowest BCUT2D eigenvalue weighted by Crippen LogP contribution is -2.47. The quantitative estimate of drug-likeness (QED) is 0.555. The molecule has 1 heterocycles. The van der Waals surface area contributed by atoms with Crippen LogP contribution in [0.1, 0.15) is 18.9 Å². The summed E-state index contributed by atoms with van der Waals surface area (Å²) in [5.74, 6) is -0.874. The molecule has 0 aromatic heterocycles. The predicted molar refractivity (Wildman–Crippen MR) is 95.7 cm³/mol. The molecule has 26 heavy (non-hydrogen) atoms. The first-order valence-electron chi connectivity index (χ1n) is 8.48. The van der Waals surface area contributed by atoms with Crippen LogP contribution < -0.4 is 16.4 Å². The Balaban J connectivity index is 2.20. The average Bonchev–Trinajstić information content (AvgIpc) is 2.61. The minimum absolute atomic E-state index is 0.106. The zero-order valence-electron chi connectivity index (χ0n) is 14.8. The van der Waals surface area contributed by atoms with Crippen molar-refractivity contribution < 1.29 is 19.1 Å². The molecule has 1 aromatic carbocycles. The Hall–Kier alpha value is -2.87. The number of esters is 1. The molecular formula is C18H24N4O4. The van der Waals surface area contributed by atoms with Crippen LogP contribution in [0.2, 0.25) is 0 Å². The lowest BCUT2D eigenvalue weighted by molar-refractivity contribution is -0.138. The number of nitrogens with two attached hydrogens (primary N) is 1. The van der Waals surface area contributed by atoms with E-state index in [-0.39, 0.29) is 25.6 Å². The summed E-state index contributed by atoms with van der Waals surface area (Å²) in [5.41, 5.74) is 7.18. The normalized spacial score (nSPS) is 14.0. The van der Waals surface area contributed by atoms with E-state index in [1.807, 2.05) is 35.2 Å². The number of hydrogen-bond donors (Lipinski definition) is 3. The highest BCUT2D eigenvalue weighted by Gasteiger charge is 2.25. The molecule has 0 saturated carbocycles. The average molecular weight is 360 g/mol. The van der Waals surface area contributed by atoms with E-state index in [1.165, 1.54) is 0 Å². The Labute approximate surface area is 152 Å². The van der Waals surface area contributed by atoms with E-state index in [4.69, 9.17) is 10.5 Å². The van der Waals surface area contributed by atoms with Crippen molar-refractivity contribution in [3.05, 3.63) is 47.2 Å². The van der Waals surface area contributed by atoms with Crippen LogP contribution in [-0.4, -0.2) is 49.0 Å². The monoisotopic (exact) mass is 360 g/mol. The van der Waals surface area contributed by atoms with Crippen molar-refractivity contribution in [2.24, 2.45) is 5.73 Å². The number of nitrogens with zero attached hydrogens (tertiary/aromatic N) is 1. The Morgan fingerprint density at radius 2 is 1.96 bits per heavy atom. The van der Waals surface area contributed by atoms with Crippen LogP contribution in [0.15, 0.2) is 41.6 Å². The molecule has 3 amide bonds. The first-order valence-corrected chi connectivity index (χ1v) is 8.48. The van der Waals surface area contributed by atoms with Crippen molar-refractivity contribution in [3.63, 3.8) is 0 Å². The second-order valence-corrected chi connectivity index (χ2v) is 5.90. The number of hydrogen-bond acceptors (Lipinski definition) is 5. The third-order valence-corrected chi connectivity index (χ3v) is 3.88. The predicted octanol–water partition coefficient (Wildman–Crippen LogP) is 0.494. The maximum Gasteiger partial charge on any atom is 0.337 e. The maximum absolute atomic E-state index is 12.2. The van der Waals surface area contributed by atoms with Crippen LogP contribution in [0.4, 0.5) is 4.79 Å². The lowest BCUT2D eigenvalue weighted by atomic mass is 10.1. The second-order valence-electron chi connectivity index (χ2n) is 5.90. The zero-order valence-corrected chi connectivity index (χ0v) is 14.8. The maximum atomic E-state index is 12.2. The van der Waals surface area contributed by atoms with Gasteiger partial charge in [-0.05, 0) is 12.5 Å². The minimum atomic E-state index is -0.468. The van der Waals surface area contributed by atoms with Crippen LogP contribution in [0.25, 0.3) is 0 Å². The number of benzene rings is 1. The van der Waals surface area contributed by atoms with Gasteiger partial charge in [-0.3, -0.25) is 9.69 Å². The number of amides is 3. The van der Waals surface area contributed by atoms with Crippen molar-refractivity contribution in [2.45, 2.75) is 19.9 Å². The molecule has 140 valence electrons. The summed E-state index contributed by atoms with van der Waals surface area (Å²) < 4.78 is 5.06. The highest BCUT2D eigenvalue weighted by molar-refractivity contribution is 5.93. The van der Waals surface area contributed by atoms with E-state index in [9.17, 15) is 14.4 Å². The van der Waals surface area contributed by atoms with Gasteiger partial charge in [0, 0.05) is 31.8 Å². The molecule has 0 unspecified atom stereocenters. The molecule has 0 radical (unpaired) electrons. The molecule has 0 bridgehead atoms. The molecule has 0 fully saturated rings. The fourth-order valence-corrected chi connectivity index (χ4v) is 2.63. The first-order chi connectivity index (χ1) is 12.5. The summed E-state index contributed by atoms with van der Waals surface area (Å²) in [7, 11) is 0. The van der Waals surface area contributed by atoms with Gasteiger partial charge in [-0.15, -0.1) is 0 Å². The Kier molecular flexibility index (Phi) is 7.16. The van der Waals surface area contributed by atoms with Crippen LogP contribution in [0.5, 0.6) is 0 Å². The number of rotatable bonds is 9. The van der Waals surface area contributed by atoms with E-state index >= 15 is 0 Å². The highest BCUT2D eigenvalue weighted by Crippen LogP contribution is 2.13. The van der Waals surface area contributed by atoms with Gasteiger partial charge in [0.05, 0.1) is 18.7 Å². The number of carbonyl (C=O) groups is 3. The number of urea groups is 1. The molecule has 0 atom stereocenters. The molecule has 1 aliphatic rings. The van der Waals surface area contributed by atoms with Gasteiger partial charge < -0.3 is 21.1 Å². The molecule has 1 aliphatic heterocycles. The van der Waals surface area contributed by atoms with Gasteiger partial charge in [-0.2, -0.15) is 0 Å². The molecule has 2 rings (SSSR count). The first kappa shape index (κ1) is 19.5. The summed E-state index contributed by atoms with van der Waals surface area (Å²) in [5, 5.41) is 5.25. The van der Waals surface area contributed by atoms with E-state index in [1.54, 1.807) is 6.92 Å². The van der Waals surface area contributed by atoms with Crippen LogP contribution >= 0.6 is 0 Å². The Morgan fingerprint density at radius 1 is 1.23 bits per heavy atom. The largest absolute Gasteiger partial charge is 0.463 e.